The summed E-state index contributed by atoms with van der Waals surface area (Å²) < 4.78 is 29.1. The minimum atomic E-state index is -2.64. The fraction of sp³-hybridized carbons (Fsp3) is 0.667. The maximum absolute atomic E-state index is 14.5. The van der Waals surface area contributed by atoms with E-state index in [2.05, 4.69) is 4.98 Å². The van der Waals surface area contributed by atoms with Gasteiger partial charge in [-0.15, -0.1) is 0 Å². The van der Waals surface area contributed by atoms with E-state index in [1.807, 2.05) is 21.9 Å². The Morgan fingerprint density at radius 1 is 1.24 bits per heavy atom. The van der Waals surface area contributed by atoms with Gasteiger partial charge in [-0.1, -0.05) is 0 Å². The Hall–Kier alpha value is -1.27. The molecule has 1 aromatic rings. The van der Waals surface area contributed by atoms with Crippen molar-refractivity contribution in [3.05, 3.63) is 24.5 Å². The standard InChI is InChI=1S/C15H21F2N3O/c16-15(17)4-6-19(8-9-21)11-14(15)3-7-20(12-14)13-2-1-5-18-10-13/h1-2,5,10,21H,3-4,6-9,11-12H2/t14-/m1/s1. The van der Waals surface area contributed by atoms with Gasteiger partial charge in [0.2, 0.25) is 0 Å². The number of β-amino-alcohol motifs (C(OH)–C–C–N with tert-alkyl or cyclic N) is 1. The number of rotatable bonds is 3. The van der Waals surface area contributed by atoms with Crippen molar-refractivity contribution < 1.29 is 13.9 Å². The van der Waals surface area contributed by atoms with E-state index >= 15 is 0 Å². The number of pyridine rings is 1. The Labute approximate surface area is 123 Å². The summed E-state index contributed by atoms with van der Waals surface area (Å²) >= 11 is 0. The lowest BCUT2D eigenvalue weighted by Crippen LogP contribution is -2.57. The molecule has 1 atom stereocenters. The molecule has 1 N–H and O–H groups in total. The number of anilines is 1. The van der Waals surface area contributed by atoms with E-state index in [4.69, 9.17) is 5.11 Å². The van der Waals surface area contributed by atoms with Gasteiger partial charge < -0.3 is 10.0 Å². The number of aromatic nitrogens is 1. The average Bonchev–Trinajstić information content (AvgIpc) is 2.91. The Bertz CT molecular complexity index is 485. The summed E-state index contributed by atoms with van der Waals surface area (Å²) in [5, 5.41) is 9.06. The molecule has 3 heterocycles. The predicted molar refractivity (Wildman–Crippen MR) is 76.6 cm³/mol. The highest BCUT2D eigenvalue weighted by Gasteiger charge is 2.59. The number of aliphatic hydroxyl groups is 1. The summed E-state index contributed by atoms with van der Waals surface area (Å²) in [7, 11) is 0. The highest BCUT2D eigenvalue weighted by Crippen LogP contribution is 2.50. The zero-order chi connectivity index (χ0) is 14.9. The molecule has 0 unspecified atom stereocenters. The van der Waals surface area contributed by atoms with Crippen LogP contribution in [0.25, 0.3) is 0 Å². The first-order chi connectivity index (χ1) is 10.1. The molecule has 116 valence electrons. The molecule has 1 spiro atoms. The van der Waals surface area contributed by atoms with Crippen molar-refractivity contribution in [2.75, 3.05) is 44.2 Å². The van der Waals surface area contributed by atoms with Gasteiger partial charge in [0, 0.05) is 45.3 Å². The summed E-state index contributed by atoms with van der Waals surface area (Å²) in [5.41, 5.74) is -0.0968. The second-order valence-electron chi connectivity index (χ2n) is 6.12. The van der Waals surface area contributed by atoms with E-state index in [1.54, 1.807) is 12.4 Å². The van der Waals surface area contributed by atoms with Gasteiger partial charge >= 0.3 is 0 Å². The number of likely N-dealkylation sites (tertiary alicyclic amines) is 1. The molecule has 6 heteroatoms. The molecule has 0 bridgehead atoms. The van der Waals surface area contributed by atoms with Gasteiger partial charge in [0.25, 0.3) is 5.92 Å². The molecule has 0 amide bonds. The molecule has 3 rings (SSSR count). The number of hydrogen-bond acceptors (Lipinski definition) is 4. The van der Waals surface area contributed by atoms with Crippen molar-refractivity contribution in [1.82, 2.24) is 9.88 Å². The van der Waals surface area contributed by atoms with Crippen LogP contribution in [0.3, 0.4) is 0 Å². The molecular weight excluding hydrogens is 276 g/mol. The largest absolute Gasteiger partial charge is 0.395 e. The van der Waals surface area contributed by atoms with Gasteiger partial charge in [-0.25, -0.2) is 8.78 Å². The molecule has 2 saturated heterocycles. The zero-order valence-corrected chi connectivity index (χ0v) is 12.0. The van der Waals surface area contributed by atoms with Gasteiger partial charge in [0.1, 0.15) is 0 Å². The smallest absolute Gasteiger partial charge is 0.257 e. The minimum Gasteiger partial charge on any atom is -0.395 e. The maximum Gasteiger partial charge on any atom is 0.257 e. The third-order valence-electron chi connectivity index (χ3n) is 4.83. The van der Waals surface area contributed by atoms with Crippen LogP contribution in [0.1, 0.15) is 12.8 Å². The lowest BCUT2D eigenvalue weighted by molar-refractivity contribution is -0.158. The van der Waals surface area contributed by atoms with Crippen molar-refractivity contribution in [3.63, 3.8) is 0 Å². The lowest BCUT2D eigenvalue weighted by Gasteiger charge is -2.45. The van der Waals surface area contributed by atoms with E-state index in [0.29, 0.717) is 39.1 Å². The fourth-order valence-corrected chi connectivity index (χ4v) is 3.58. The molecule has 1 aromatic heterocycles. The predicted octanol–water partition coefficient (Wildman–Crippen LogP) is 1.61. The monoisotopic (exact) mass is 297 g/mol. The highest BCUT2D eigenvalue weighted by atomic mass is 19.3. The Morgan fingerprint density at radius 2 is 2.10 bits per heavy atom. The quantitative estimate of drug-likeness (QED) is 0.920. The van der Waals surface area contributed by atoms with Crippen molar-refractivity contribution in [3.8, 4) is 0 Å². The maximum atomic E-state index is 14.5. The van der Waals surface area contributed by atoms with E-state index in [9.17, 15) is 8.78 Å². The molecule has 4 nitrogen and oxygen atoms in total. The second kappa shape index (κ2) is 5.50. The first-order valence-electron chi connectivity index (χ1n) is 7.42. The molecule has 2 aliphatic heterocycles. The van der Waals surface area contributed by atoms with Crippen molar-refractivity contribution >= 4 is 5.69 Å². The minimum absolute atomic E-state index is 0.0218. The summed E-state index contributed by atoms with van der Waals surface area (Å²) in [5.74, 6) is -2.64. The van der Waals surface area contributed by atoms with Gasteiger partial charge in [0.15, 0.2) is 0 Å². The van der Waals surface area contributed by atoms with E-state index in [1.165, 1.54) is 0 Å². The van der Waals surface area contributed by atoms with Crippen molar-refractivity contribution in [2.45, 2.75) is 18.8 Å². The summed E-state index contributed by atoms with van der Waals surface area (Å²) in [6.07, 6.45) is 3.78. The third-order valence-corrected chi connectivity index (χ3v) is 4.83. The van der Waals surface area contributed by atoms with Crippen molar-refractivity contribution in [1.29, 1.82) is 0 Å². The lowest BCUT2D eigenvalue weighted by atomic mass is 9.75. The van der Waals surface area contributed by atoms with Crippen LogP contribution < -0.4 is 4.90 Å². The summed E-state index contributed by atoms with van der Waals surface area (Å²) in [4.78, 5) is 8.04. The number of piperidine rings is 1. The first-order valence-corrected chi connectivity index (χ1v) is 7.42. The van der Waals surface area contributed by atoms with Crippen LogP contribution in [0.2, 0.25) is 0 Å². The van der Waals surface area contributed by atoms with Crippen LogP contribution in [0.4, 0.5) is 14.5 Å². The van der Waals surface area contributed by atoms with Crippen LogP contribution in [0.15, 0.2) is 24.5 Å². The number of aliphatic hydroxyl groups excluding tert-OH is 1. The number of nitrogens with zero attached hydrogens (tertiary/aromatic N) is 3. The molecule has 0 radical (unpaired) electrons. The van der Waals surface area contributed by atoms with Crippen LogP contribution in [-0.2, 0) is 0 Å². The Balaban J connectivity index is 1.79. The van der Waals surface area contributed by atoms with Gasteiger partial charge in [-0.3, -0.25) is 9.88 Å². The summed E-state index contributed by atoms with van der Waals surface area (Å²) in [6.45, 7) is 2.21. The topological polar surface area (TPSA) is 39.6 Å². The van der Waals surface area contributed by atoms with E-state index < -0.39 is 11.3 Å². The van der Waals surface area contributed by atoms with Crippen LogP contribution in [-0.4, -0.2) is 60.2 Å². The molecule has 2 fully saturated rings. The molecule has 0 saturated carbocycles. The highest BCUT2D eigenvalue weighted by molar-refractivity contribution is 5.45. The fourth-order valence-electron chi connectivity index (χ4n) is 3.58. The summed E-state index contributed by atoms with van der Waals surface area (Å²) in [6, 6.07) is 3.75. The zero-order valence-electron chi connectivity index (χ0n) is 12.0. The molecule has 2 aliphatic rings. The second-order valence-corrected chi connectivity index (χ2v) is 6.12. The molecule has 0 aromatic carbocycles. The first kappa shape index (κ1) is 14.7. The number of alkyl halides is 2. The van der Waals surface area contributed by atoms with Crippen LogP contribution in [0, 0.1) is 5.41 Å². The van der Waals surface area contributed by atoms with Crippen LogP contribution in [0.5, 0.6) is 0 Å². The van der Waals surface area contributed by atoms with Crippen LogP contribution >= 0.6 is 0 Å². The van der Waals surface area contributed by atoms with E-state index in [-0.39, 0.29) is 13.0 Å². The van der Waals surface area contributed by atoms with Gasteiger partial charge in [-0.05, 0) is 18.6 Å². The SMILES string of the molecule is OCCN1CCC(F)(F)[C@]2(CCN(c3cccnc3)C2)C1. The Morgan fingerprint density at radius 3 is 2.81 bits per heavy atom. The molecule has 0 aliphatic carbocycles. The molecular formula is C15H21F2N3O. The van der Waals surface area contributed by atoms with Crippen molar-refractivity contribution in [2.24, 2.45) is 5.41 Å². The Kier molecular flexibility index (Phi) is 3.84. The normalized spacial score (nSPS) is 29.2. The van der Waals surface area contributed by atoms with Gasteiger partial charge in [-0.2, -0.15) is 0 Å². The third kappa shape index (κ3) is 2.62. The number of halogens is 2. The average molecular weight is 297 g/mol. The van der Waals surface area contributed by atoms with E-state index in [0.717, 1.165) is 5.69 Å². The number of hydrogen-bond donors (Lipinski definition) is 1. The van der Waals surface area contributed by atoms with Gasteiger partial charge in [0.05, 0.1) is 23.9 Å². The molecule has 21 heavy (non-hydrogen) atoms.